The largest absolute Gasteiger partial charge is 0.324 e. The van der Waals surface area contributed by atoms with Crippen LogP contribution in [0, 0.1) is 25.2 Å². The van der Waals surface area contributed by atoms with E-state index in [4.69, 9.17) is 0 Å². The number of aromatic nitrogens is 2. The number of hydrogen-bond acceptors (Lipinski definition) is 7. The number of rotatable bonds is 6. The van der Waals surface area contributed by atoms with Gasteiger partial charge < -0.3 is 9.88 Å². The topological polar surface area (TPSA) is 151 Å². The Bertz CT molecular complexity index is 2000. The Hall–Kier alpha value is -4.25. The fourth-order valence-electron chi connectivity index (χ4n) is 4.66. The van der Waals surface area contributed by atoms with Gasteiger partial charge in [-0.25, -0.2) is 20.8 Å². The van der Waals surface area contributed by atoms with Crippen LogP contribution >= 0.6 is 0 Å². The Morgan fingerprint density at radius 1 is 0.975 bits per heavy atom. The number of carbonyl (C=O) groups excluding carboxylic acids is 1. The van der Waals surface area contributed by atoms with E-state index in [0.717, 1.165) is 13.8 Å². The van der Waals surface area contributed by atoms with E-state index >= 15 is 0 Å². The molecule has 40 heavy (non-hydrogen) atoms. The lowest BCUT2D eigenvalue weighted by atomic mass is 10.1. The third-order valence-electron chi connectivity index (χ3n) is 6.87. The van der Waals surface area contributed by atoms with Gasteiger partial charge >= 0.3 is 0 Å². The average Bonchev–Trinajstić information content (AvgIpc) is 3.24. The normalized spacial score (nSPS) is 15.9. The molecule has 3 heterocycles. The molecule has 5 rings (SSSR count). The summed E-state index contributed by atoms with van der Waals surface area (Å²) in [7, 11) is -7.22. The van der Waals surface area contributed by atoms with Crippen molar-refractivity contribution in [2.45, 2.75) is 36.1 Å². The molecule has 206 valence electrons. The van der Waals surface area contributed by atoms with Crippen molar-refractivity contribution in [2.75, 3.05) is 11.9 Å². The first-order chi connectivity index (χ1) is 18.8. The van der Waals surface area contributed by atoms with Gasteiger partial charge in [0.05, 0.1) is 10.4 Å². The molecule has 0 bridgehead atoms. The minimum Gasteiger partial charge on any atom is -0.324 e. The maximum atomic E-state index is 14.0. The van der Waals surface area contributed by atoms with Crippen LogP contribution in [0.3, 0.4) is 0 Å². The molecular formula is C27H25N5O6S2. The number of sulfonamides is 1. The van der Waals surface area contributed by atoms with Crippen LogP contribution in [0.2, 0.25) is 0 Å². The molecule has 2 aromatic heterocycles. The molecule has 1 N–H and O–H groups in total. The number of carbonyl (C=O) groups is 1. The second-order valence-corrected chi connectivity index (χ2v) is 13.3. The summed E-state index contributed by atoms with van der Waals surface area (Å²) in [6, 6.07) is 13.8. The van der Waals surface area contributed by atoms with Gasteiger partial charge in [0.1, 0.15) is 22.7 Å². The van der Waals surface area contributed by atoms with Gasteiger partial charge in [-0.3, -0.25) is 9.59 Å². The lowest BCUT2D eigenvalue weighted by Gasteiger charge is -2.38. The molecule has 1 saturated heterocycles. The van der Waals surface area contributed by atoms with Crippen molar-refractivity contribution in [3.05, 3.63) is 88.0 Å². The van der Waals surface area contributed by atoms with Crippen LogP contribution < -0.4 is 10.9 Å². The van der Waals surface area contributed by atoms with Crippen molar-refractivity contribution in [1.29, 1.82) is 5.26 Å². The molecule has 1 amide bonds. The number of hydrogen-bond donors (Lipinski definition) is 1. The first kappa shape index (κ1) is 27.3. The molecule has 0 radical (unpaired) electrons. The molecule has 0 spiro atoms. The van der Waals surface area contributed by atoms with Gasteiger partial charge in [-0.15, -0.1) is 0 Å². The highest BCUT2D eigenvalue weighted by molar-refractivity contribution is 7.90. The third-order valence-corrected chi connectivity index (χ3v) is 10.5. The number of amides is 1. The van der Waals surface area contributed by atoms with E-state index in [1.165, 1.54) is 47.2 Å². The van der Waals surface area contributed by atoms with Crippen molar-refractivity contribution in [3.8, 4) is 6.07 Å². The van der Waals surface area contributed by atoms with Gasteiger partial charge in [-0.05, 0) is 62.2 Å². The highest BCUT2D eigenvalue weighted by Gasteiger charge is 2.44. The molecule has 4 aromatic rings. The van der Waals surface area contributed by atoms with Crippen LogP contribution in [0.25, 0.3) is 10.9 Å². The molecule has 0 unspecified atom stereocenters. The second kappa shape index (κ2) is 9.74. The van der Waals surface area contributed by atoms with E-state index in [9.17, 15) is 31.7 Å². The number of nitrogens with one attached hydrogen (secondary N) is 1. The van der Waals surface area contributed by atoms with E-state index in [2.05, 4.69) is 5.32 Å². The molecule has 11 nitrogen and oxygen atoms in total. The first-order valence-electron chi connectivity index (χ1n) is 12.2. The molecule has 1 atom stereocenters. The number of aryl methyl sites for hydroxylation is 3. The molecule has 2 aromatic carbocycles. The standard InChI is InChI=1S/C27H25N5O6S2/c1-17-4-6-22(7-5-17)39(35,36)32-21(16-28)14-19-12-18(2)13-24(26(19)32)40(37,38)31-11-9-23(31)27(34)29-20-8-10-30(3)25(33)15-20/h4-8,10,12-15,23H,9,11H2,1-3H3,(H,29,34)/t23-/m0/s1. The third kappa shape index (κ3) is 4.49. The summed E-state index contributed by atoms with van der Waals surface area (Å²) < 4.78 is 58.6. The number of benzene rings is 2. The quantitative estimate of drug-likeness (QED) is 0.368. The van der Waals surface area contributed by atoms with Gasteiger partial charge in [0, 0.05) is 36.9 Å². The van der Waals surface area contributed by atoms with Crippen LogP contribution in [0.15, 0.2) is 75.4 Å². The van der Waals surface area contributed by atoms with Crippen LogP contribution in [0.5, 0.6) is 0 Å². The van der Waals surface area contributed by atoms with Gasteiger partial charge in [-0.2, -0.15) is 9.57 Å². The van der Waals surface area contributed by atoms with Gasteiger partial charge in [0.2, 0.25) is 15.9 Å². The number of nitrogens with zero attached hydrogens (tertiary/aromatic N) is 4. The lowest BCUT2D eigenvalue weighted by molar-refractivity contribution is -0.122. The van der Waals surface area contributed by atoms with Crippen LogP contribution in [-0.2, 0) is 31.9 Å². The number of fused-ring (bicyclic) bond motifs is 1. The summed E-state index contributed by atoms with van der Waals surface area (Å²) in [5.74, 6) is -0.618. The Kier molecular flexibility index (Phi) is 6.65. The molecule has 1 fully saturated rings. The van der Waals surface area contributed by atoms with E-state index in [0.29, 0.717) is 5.56 Å². The summed E-state index contributed by atoms with van der Waals surface area (Å²) in [5, 5.41) is 12.7. The SMILES string of the molecule is Cc1ccc(S(=O)(=O)n2c(C#N)cc3cc(C)cc(S(=O)(=O)N4CC[C@H]4C(=O)Nc4ccn(C)c(=O)c4)c32)cc1. The summed E-state index contributed by atoms with van der Waals surface area (Å²) in [6.07, 6.45) is 1.71. The van der Waals surface area contributed by atoms with E-state index in [-0.39, 0.29) is 50.6 Å². The monoisotopic (exact) mass is 579 g/mol. The number of anilines is 1. The van der Waals surface area contributed by atoms with Crippen LogP contribution in [-0.4, -0.2) is 48.2 Å². The van der Waals surface area contributed by atoms with Gasteiger partial charge in [0.25, 0.3) is 15.6 Å². The Balaban J connectivity index is 1.61. The van der Waals surface area contributed by atoms with Crippen molar-refractivity contribution in [1.82, 2.24) is 12.8 Å². The van der Waals surface area contributed by atoms with E-state index in [1.807, 2.05) is 6.07 Å². The van der Waals surface area contributed by atoms with Crippen molar-refractivity contribution >= 4 is 42.5 Å². The molecule has 0 saturated carbocycles. The molecule has 1 aliphatic rings. The fraction of sp³-hybridized carbons (Fsp3) is 0.222. The number of nitriles is 1. The molecule has 13 heteroatoms. The Morgan fingerprint density at radius 3 is 2.27 bits per heavy atom. The predicted molar refractivity (Wildman–Crippen MR) is 148 cm³/mol. The average molecular weight is 580 g/mol. The molecule has 1 aliphatic heterocycles. The minimum absolute atomic E-state index is 0.0307. The zero-order valence-corrected chi connectivity index (χ0v) is 23.5. The Labute approximate surface area is 231 Å². The lowest BCUT2D eigenvalue weighted by Crippen LogP contribution is -2.56. The minimum atomic E-state index is -4.41. The van der Waals surface area contributed by atoms with Crippen LogP contribution in [0.4, 0.5) is 5.69 Å². The smallest absolute Gasteiger partial charge is 0.269 e. The Morgan fingerprint density at radius 2 is 1.68 bits per heavy atom. The maximum Gasteiger partial charge on any atom is 0.269 e. The second-order valence-electron chi connectivity index (χ2n) is 9.70. The van der Waals surface area contributed by atoms with E-state index in [1.54, 1.807) is 39.1 Å². The van der Waals surface area contributed by atoms with Crippen molar-refractivity contribution in [2.24, 2.45) is 7.05 Å². The maximum absolute atomic E-state index is 14.0. The highest BCUT2D eigenvalue weighted by Crippen LogP contribution is 2.36. The highest BCUT2D eigenvalue weighted by atomic mass is 32.2. The number of pyridine rings is 1. The molecule has 0 aliphatic carbocycles. The molecular weight excluding hydrogens is 554 g/mol. The zero-order valence-electron chi connectivity index (χ0n) is 21.8. The van der Waals surface area contributed by atoms with Crippen molar-refractivity contribution < 1.29 is 21.6 Å². The summed E-state index contributed by atoms with van der Waals surface area (Å²) in [4.78, 5) is 24.5. The van der Waals surface area contributed by atoms with Crippen molar-refractivity contribution in [3.63, 3.8) is 0 Å². The van der Waals surface area contributed by atoms with Gasteiger partial charge in [0.15, 0.2) is 0 Å². The fourth-order valence-corrected chi connectivity index (χ4v) is 8.13. The van der Waals surface area contributed by atoms with Crippen LogP contribution in [0.1, 0.15) is 23.2 Å². The van der Waals surface area contributed by atoms with E-state index < -0.39 is 32.0 Å². The van der Waals surface area contributed by atoms with Gasteiger partial charge in [-0.1, -0.05) is 17.7 Å². The summed E-state index contributed by atoms with van der Waals surface area (Å²) >= 11 is 0. The summed E-state index contributed by atoms with van der Waals surface area (Å²) in [6.45, 7) is 3.49. The zero-order chi connectivity index (χ0) is 29.0. The predicted octanol–water partition coefficient (Wildman–Crippen LogP) is 2.47. The summed E-state index contributed by atoms with van der Waals surface area (Å²) in [5.41, 5.74) is 0.825. The first-order valence-corrected chi connectivity index (χ1v) is 15.1.